The number of rotatable bonds is 10. The number of carbonyl (C=O) groups is 1. The number of aliphatic hydroxyl groups is 12. The van der Waals surface area contributed by atoms with Gasteiger partial charge in [0.2, 0.25) is 5.91 Å². The highest BCUT2D eigenvalue weighted by Crippen LogP contribution is 2.34. The highest BCUT2D eigenvalue weighted by Gasteiger charge is 2.55. The molecule has 4 aliphatic heterocycles. The molecule has 0 bridgehead atoms. The van der Waals surface area contributed by atoms with Crippen molar-refractivity contribution in [3.8, 4) is 0 Å². The van der Waals surface area contributed by atoms with Crippen molar-refractivity contribution in [2.45, 2.75) is 137 Å². The van der Waals surface area contributed by atoms with E-state index in [0.29, 0.717) is 0 Å². The van der Waals surface area contributed by atoms with E-state index >= 15 is 0 Å². The van der Waals surface area contributed by atoms with Gasteiger partial charge in [-0.15, -0.1) is 0 Å². The maximum atomic E-state index is 11.8. The maximum Gasteiger partial charge on any atom is 0.217 e. The number of hydrogen-bond donors (Lipinski definition) is 13. The first kappa shape index (κ1) is 38.5. The smallest absolute Gasteiger partial charge is 0.217 e. The van der Waals surface area contributed by atoms with Gasteiger partial charge < -0.3 is 99.8 Å². The fraction of sp³-hybridized carbons (Fsp3) is 0.962. The van der Waals surface area contributed by atoms with Crippen LogP contribution >= 0.6 is 0 Å². The van der Waals surface area contributed by atoms with E-state index in [-0.39, 0.29) is 0 Å². The zero-order valence-electron chi connectivity index (χ0n) is 25.3. The van der Waals surface area contributed by atoms with Gasteiger partial charge in [-0.2, -0.15) is 0 Å². The molecule has 4 aliphatic rings. The van der Waals surface area contributed by atoms with Crippen molar-refractivity contribution in [1.29, 1.82) is 0 Å². The van der Waals surface area contributed by atoms with Gasteiger partial charge in [0.05, 0.1) is 25.9 Å². The Labute approximate surface area is 267 Å². The van der Waals surface area contributed by atoms with Crippen LogP contribution in [-0.4, -0.2) is 210 Å². The lowest BCUT2D eigenvalue weighted by atomic mass is 9.95. The van der Waals surface area contributed by atoms with E-state index in [1.165, 1.54) is 6.92 Å². The molecule has 0 radical (unpaired) electrons. The lowest BCUT2D eigenvalue weighted by molar-refractivity contribution is -0.390. The topological polar surface area (TPSA) is 336 Å². The van der Waals surface area contributed by atoms with Gasteiger partial charge in [-0.1, -0.05) is 0 Å². The summed E-state index contributed by atoms with van der Waals surface area (Å²) in [5.74, 6) is -0.689. The van der Waals surface area contributed by atoms with Gasteiger partial charge in [0.1, 0.15) is 91.5 Å². The molecule has 0 saturated carbocycles. The number of hydrogen-bond acceptors (Lipinski definition) is 20. The minimum atomic E-state index is -2.02. The minimum Gasteiger partial charge on any atom is -0.394 e. The van der Waals surface area contributed by atoms with Crippen LogP contribution in [-0.2, 0) is 38.0 Å². The summed E-state index contributed by atoms with van der Waals surface area (Å²) in [6.45, 7) is -0.125. The molecular formula is C26H45NO20. The summed E-state index contributed by atoms with van der Waals surface area (Å²) in [5, 5.41) is 127. The van der Waals surface area contributed by atoms with E-state index < -0.39 is 148 Å². The van der Waals surface area contributed by atoms with E-state index in [2.05, 4.69) is 5.32 Å². The van der Waals surface area contributed by atoms with Crippen LogP contribution in [0.25, 0.3) is 0 Å². The molecule has 0 aromatic heterocycles. The molecule has 20 atom stereocenters. The Morgan fingerprint density at radius 3 is 1.68 bits per heavy atom. The normalized spacial score (nSPS) is 51.0. The van der Waals surface area contributed by atoms with Crippen molar-refractivity contribution < 1.29 is 99.2 Å². The van der Waals surface area contributed by atoms with Gasteiger partial charge in [-0.3, -0.25) is 4.79 Å². The third kappa shape index (κ3) is 8.04. The van der Waals surface area contributed by atoms with E-state index in [4.69, 9.17) is 33.2 Å². The second kappa shape index (κ2) is 16.2. The second-order valence-electron chi connectivity index (χ2n) is 11.9. The third-order valence-corrected chi connectivity index (χ3v) is 8.57. The standard InChI is InChI=1S/C26H45NO20/c1-6-12(32)16(36)17(37)25(41-6)47-22-18(38)23(40)42-10(5-30)20(22)45-26-19(39)21(14(34)9(4-29)44-26)46-24-11(27-7(2)31)15(35)13(33)8(3-28)43-24/h6,8-26,28-30,32-40H,3-5H2,1-2H3,(H,27,31)/t6-,8+,9+,10+,11+,12+,13-,14-,15+,16+,17+,18+,19+,20+,21-,22+,23+,24+,25-,26-/m0/s1. The Hall–Kier alpha value is -1.29. The summed E-state index contributed by atoms with van der Waals surface area (Å²) < 4.78 is 39.0. The van der Waals surface area contributed by atoms with E-state index in [1.54, 1.807) is 0 Å². The van der Waals surface area contributed by atoms with Crippen molar-refractivity contribution in [1.82, 2.24) is 5.32 Å². The SMILES string of the molecule is CC(=O)N[C@H]1[C@@H](O[C@H]2[C@@H](O)[C@@H](CO)O[C@@H](O[C@H]3[C@H](O[C@@H]4O[C@@H](C)[C@@H](O)[C@@H](O)[C@H]4O)[C@@H](O)[C@H](O)O[C@@H]3CO)[C@@H]2O)O[C@H](CO)[C@H](O)[C@@H]1O. The summed E-state index contributed by atoms with van der Waals surface area (Å²) in [7, 11) is 0. The number of carbonyl (C=O) groups excluding carboxylic acids is 1. The lowest BCUT2D eigenvalue weighted by Gasteiger charge is -2.49. The molecule has 4 saturated heterocycles. The Morgan fingerprint density at radius 2 is 1.09 bits per heavy atom. The fourth-order valence-electron chi connectivity index (χ4n) is 5.88. The molecule has 13 N–H and O–H groups in total. The van der Waals surface area contributed by atoms with E-state index in [9.17, 15) is 66.1 Å². The van der Waals surface area contributed by atoms with Crippen LogP contribution in [0.15, 0.2) is 0 Å². The molecule has 21 nitrogen and oxygen atoms in total. The van der Waals surface area contributed by atoms with Crippen molar-refractivity contribution in [2.75, 3.05) is 19.8 Å². The Kier molecular flexibility index (Phi) is 13.2. The van der Waals surface area contributed by atoms with Gasteiger partial charge in [0, 0.05) is 6.92 Å². The number of aliphatic hydroxyl groups excluding tert-OH is 12. The van der Waals surface area contributed by atoms with Gasteiger partial charge in [-0.05, 0) is 6.92 Å². The van der Waals surface area contributed by atoms with Gasteiger partial charge in [0.15, 0.2) is 25.2 Å². The average molecular weight is 692 g/mol. The lowest BCUT2D eigenvalue weighted by Crippen LogP contribution is -2.69. The quantitative estimate of drug-likeness (QED) is 0.101. The maximum absolute atomic E-state index is 11.8. The van der Waals surface area contributed by atoms with Crippen LogP contribution < -0.4 is 5.32 Å². The first-order valence-electron chi connectivity index (χ1n) is 15.0. The summed E-state index contributed by atoms with van der Waals surface area (Å²) in [4.78, 5) is 11.8. The summed E-state index contributed by atoms with van der Waals surface area (Å²) >= 11 is 0. The van der Waals surface area contributed by atoms with Gasteiger partial charge in [-0.25, -0.2) is 0 Å². The molecule has 4 heterocycles. The number of amides is 1. The van der Waals surface area contributed by atoms with Crippen molar-refractivity contribution >= 4 is 5.91 Å². The van der Waals surface area contributed by atoms with Crippen molar-refractivity contribution in [3.05, 3.63) is 0 Å². The predicted octanol–water partition coefficient (Wildman–Crippen LogP) is -8.58. The Morgan fingerprint density at radius 1 is 0.553 bits per heavy atom. The van der Waals surface area contributed by atoms with E-state index in [1.807, 2.05) is 0 Å². The Balaban J connectivity index is 1.60. The molecule has 47 heavy (non-hydrogen) atoms. The van der Waals surface area contributed by atoms with Crippen molar-refractivity contribution in [3.63, 3.8) is 0 Å². The van der Waals surface area contributed by atoms with Crippen LogP contribution in [0.2, 0.25) is 0 Å². The molecule has 0 aromatic carbocycles. The third-order valence-electron chi connectivity index (χ3n) is 8.57. The largest absolute Gasteiger partial charge is 0.394 e. The predicted molar refractivity (Wildman–Crippen MR) is 144 cm³/mol. The molecule has 0 aliphatic carbocycles. The molecule has 21 heteroatoms. The van der Waals surface area contributed by atoms with Crippen LogP contribution in [0.4, 0.5) is 0 Å². The van der Waals surface area contributed by atoms with E-state index in [0.717, 1.165) is 6.92 Å². The molecule has 4 fully saturated rings. The zero-order chi connectivity index (χ0) is 34.9. The van der Waals surface area contributed by atoms with Crippen molar-refractivity contribution in [2.24, 2.45) is 0 Å². The highest BCUT2D eigenvalue weighted by molar-refractivity contribution is 5.73. The number of ether oxygens (including phenoxy) is 7. The molecule has 0 unspecified atom stereocenters. The van der Waals surface area contributed by atoms with Gasteiger partial charge in [0.25, 0.3) is 0 Å². The second-order valence-corrected chi connectivity index (χ2v) is 11.9. The summed E-state index contributed by atoms with van der Waals surface area (Å²) in [6, 6.07) is -1.49. The molecule has 0 spiro atoms. The number of nitrogens with one attached hydrogen (secondary N) is 1. The summed E-state index contributed by atoms with van der Waals surface area (Å²) in [6.07, 6.45) is -32.5. The monoisotopic (exact) mass is 691 g/mol. The fourth-order valence-corrected chi connectivity index (χ4v) is 5.88. The Bertz CT molecular complexity index is 1010. The van der Waals surface area contributed by atoms with Gasteiger partial charge >= 0.3 is 0 Å². The highest BCUT2D eigenvalue weighted by atomic mass is 16.8. The molecule has 1 amide bonds. The average Bonchev–Trinajstić information content (AvgIpc) is 3.04. The molecule has 0 aromatic rings. The first-order chi connectivity index (χ1) is 22.1. The van der Waals surface area contributed by atoms with Crippen LogP contribution in [0, 0.1) is 0 Å². The zero-order valence-corrected chi connectivity index (χ0v) is 25.3. The molecule has 274 valence electrons. The van der Waals surface area contributed by atoms with Crippen LogP contribution in [0.1, 0.15) is 13.8 Å². The minimum absolute atomic E-state index is 0.689. The summed E-state index contributed by atoms with van der Waals surface area (Å²) in [5.41, 5.74) is 0. The first-order valence-corrected chi connectivity index (χ1v) is 15.0. The van der Waals surface area contributed by atoms with Crippen LogP contribution in [0.5, 0.6) is 0 Å². The molecular weight excluding hydrogens is 646 g/mol. The molecule has 4 rings (SSSR count). The van der Waals surface area contributed by atoms with Crippen LogP contribution in [0.3, 0.4) is 0 Å².